The first-order valence-corrected chi connectivity index (χ1v) is 11.8. The molecular formula is C26H38ClNO4. The first kappa shape index (κ1) is 27.8. The van der Waals surface area contributed by atoms with Gasteiger partial charge in [0.25, 0.3) is 0 Å². The largest absolute Gasteiger partial charge is 0.491 e. The molecule has 0 saturated carbocycles. The van der Waals surface area contributed by atoms with Gasteiger partial charge in [0.1, 0.15) is 24.1 Å². The molecule has 0 aliphatic carbocycles. The zero-order chi connectivity index (χ0) is 24.1. The van der Waals surface area contributed by atoms with E-state index in [0.717, 1.165) is 16.9 Å². The number of carbonyl (C=O) groups excluding carboxylic acids is 1. The highest BCUT2D eigenvalue weighted by atomic mass is 35.5. The predicted octanol–water partition coefficient (Wildman–Crippen LogP) is 7.07. The molecule has 0 radical (unpaired) electrons. The average molecular weight is 464 g/mol. The molecule has 2 aromatic carbocycles. The van der Waals surface area contributed by atoms with Crippen LogP contribution in [0.5, 0.6) is 5.75 Å². The van der Waals surface area contributed by atoms with E-state index >= 15 is 0 Å². The maximum Gasteiger partial charge on any atom is 0.410 e. The Bertz CT molecular complexity index is 802. The zero-order valence-corrected chi connectivity index (χ0v) is 21.2. The summed E-state index contributed by atoms with van der Waals surface area (Å²) in [5, 5.41) is 0.717. The fourth-order valence-electron chi connectivity index (χ4n) is 2.93. The Morgan fingerprint density at radius 2 is 1.69 bits per heavy atom. The molecule has 1 heterocycles. The fraction of sp³-hybridized carbons (Fsp3) is 0.500. The van der Waals surface area contributed by atoms with E-state index in [1.807, 2.05) is 97.0 Å². The number of morpholine rings is 1. The second-order valence-electron chi connectivity index (χ2n) is 7.73. The smallest absolute Gasteiger partial charge is 0.410 e. The summed E-state index contributed by atoms with van der Waals surface area (Å²) in [5.41, 5.74) is 1.51. The van der Waals surface area contributed by atoms with Crippen LogP contribution in [0, 0.1) is 0 Å². The van der Waals surface area contributed by atoms with Gasteiger partial charge in [-0.15, -0.1) is 0 Å². The summed E-state index contributed by atoms with van der Waals surface area (Å²) in [5.74, 6) is 0.744. The summed E-state index contributed by atoms with van der Waals surface area (Å²) in [6.07, 6.45) is -0.505. The molecule has 1 unspecified atom stereocenters. The van der Waals surface area contributed by atoms with E-state index in [4.69, 9.17) is 25.8 Å². The lowest BCUT2D eigenvalue weighted by Crippen LogP contribution is -2.49. The summed E-state index contributed by atoms with van der Waals surface area (Å²) in [6.45, 7) is 15.4. The van der Waals surface area contributed by atoms with Crippen LogP contribution in [0.3, 0.4) is 0 Å². The number of halogens is 1. The van der Waals surface area contributed by atoms with Gasteiger partial charge in [0.05, 0.1) is 13.2 Å². The topological polar surface area (TPSA) is 48.0 Å². The molecule has 1 fully saturated rings. The van der Waals surface area contributed by atoms with Gasteiger partial charge in [0.15, 0.2) is 0 Å². The van der Waals surface area contributed by atoms with Crippen molar-refractivity contribution in [3.8, 4) is 16.9 Å². The van der Waals surface area contributed by atoms with Gasteiger partial charge >= 0.3 is 6.09 Å². The van der Waals surface area contributed by atoms with E-state index in [2.05, 4.69) is 0 Å². The predicted molar refractivity (Wildman–Crippen MR) is 133 cm³/mol. The van der Waals surface area contributed by atoms with Crippen molar-refractivity contribution < 1.29 is 19.0 Å². The highest BCUT2D eigenvalue weighted by Crippen LogP contribution is 2.28. The van der Waals surface area contributed by atoms with Gasteiger partial charge in [-0.1, -0.05) is 69.6 Å². The molecule has 0 bridgehead atoms. The molecule has 0 spiro atoms. The summed E-state index contributed by atoms with van der Waals surface area (Å²) >= 11 is 6.25. The van der Waals surface area contributed by atoms with Crippen molar-refractivity contribution in [3.63, 3.8) is 0 Å². The first-order chi connectivity index (χ1) is 15.3. The van der Waals surface area contributed by atoms with Gasteiger partial charge in [-0.3, -0.25) is 0 Å². The first-order valence-electron chi connectivity index (χ1n) is 11.4. The minimum absolute atomic E-state index is 0.190. The standard InChI is InChI=1S/C22H26ClNO4.2C2H6/c1-22(2,3)28-21(25)24-12-13-26-18(14-24)15-27-17-10-8-16(9-11-17)19-6-4-5-7-20(19)23;2*1-2/h4-11,18H,12-15H2,1-3H3;2*1-2H3. The number of benzene rings is 2. The molecule has 1 amide bonds. The third-order valence-electron chi connectivity index (χ3n) is 4.27. The van der Waals surface area contributed by atoms with E-state index in [-0.39, 0.29) is 12.2 Å². The molecule has 178 valence electrons. The van der Waals surface area contributed by atoms with Crippen LogP contribution in [0.1, 0.15) is 48.5 Å². The maximum atomic E-state index is 12.2. The molecular weight excluding hydrogens is 426 g/mol. The van der Waals surface area contributed by atoms with E-state index in [1.54, 1.807) is 4.90 Å². The van der Waals surface area contributed by atoms with E-state index in [0.29, 0.717) is 31.3 Å². The molecule has 6 heteroatoms. The van der Waals surface area contributed by atoms with Gasteiger partial charge in [0, 0.05) is 17.1 Å². The highest BCUT2D eigenvalue weighted by Gasteiger charge is 2.28. The van der Waals surface area contributed by atoms with Crippen molar-refractivity contribution in [3.05, 3.63) is 53.6 Å². The van der Waals surface area contributed by atoms with Gasteiger partial charge < -0.3 is 19.1 Å². The molecule has 0 aromatic heterocycles. The molecule has 1 atom stereocenters. The average Bonchev–Trinajstić information content (AvgIpc) is 2.80. The lowest BCUT2D eigenvalue weighted by molar-refractivity contribution is -0.0557. The fourth-order valence-corrected chi connectivity index (χ4v) is 3.17. The van der Waals surface area contributed by atoms with Crippen molar-refractivity contribution in [2.45, 2.75) is 60.2 Å². The molecule has 1 aliphatic rings. The third kappa shape index (κ3) is 9.09. The van der Waals surface area contributed by atoms with Gasteiger partial charge in [-0.05, 0) is 44.5 Å². The second-order valence-corrected chi connectivity index (χ2v) is 8.14. The minimum Gasteiger partial charge on any atom is -0.491 e. The summed E-state index contributed by atoms with van der Waals surface area (Å²) in [4.78, 5) is 13.9. The van der Waals surface area contributed by atoms with Crippen molar-refractivity contribution in [2.24, 2.45) is 0 Å². The monoisotopic (exact) mass is 463 g/mol. The van der Waals surface area contributed by atoms with Crippen molar-refractivity contribution in [2.75, 3.05) is 26.3 Å². The number of ether oxygens (including phenoxy) is 3. The molecule has 2 aromatic rings. The Balaban J connectivity index is 0.00000121. The lowest BCUT2D eigenvalue weighted by atomic mass is 10.1. The van der Waals surface area contributed by atoms with Crippen LogP contribution in [0.2, 0.25) is 5.02 Å². The van der Waals surface area contributed by atoms with Crippen LogP contribution < -0.4 is 4.74 Å². The molecule has 5 nitrogen and oxygen atoms in total. The van der Waals surface area contributed by atoms with Crippen LogP contribution in [-0.2, 0) is 9.47 Å². The van der Waals surface area contributed by atoms with Crippen LogP contribution in [0.25, 0.3) is 11.1 Å². The Morgan fingerprint density at radius 1 is 1.06 bits per heavy atom. The zero-order valence-electron chi connectivity index (χ0n) is 20.5. The number of carbonyl (C=O) groups is 1. The van der Waals surface area contributed by atoms with Gasteiger partial charge in [-0.2, -0.15) is 0 Å². The number of hydrogen-bond donors (Lipinski definition) is 0. The van der Waals surface area contributed by atoms with Gasteiger partial charge in [0.2, 0.25) is 0 Å². The van der Waals surface area contributed by atoms with Crippen LogP contribution >= 0.6 is 11.6 Å². The molecule has 1 saturated heterocycles. The lowest BCUT2D eigenvalue weighted by Gasteiger charge is -2.34. The Hall–Kier alpha value is -2.24. The Labute approximate surface area is 198 Å². The number of amides is 1. The normalized spacial score (nSPS) is 15.5. The number of nitrogens with zero attached hydrogens (tertiary/aromatic N) is 1. The van der Waals surface area contributed by atoms with E-state index < -0.39 is 5.60 Å². The highest BCUT2D eigenvalue weighted by molar-refractivity contribution is 6.33. The van der Waals surface area contributed by atoms with Crippen LogP contribution in [0.4, 0.5) is 4.79 Å². The molecule has 32 heavy (non-hydrogen) atoms. The van der Waals surface area contributed by atoms with E-state index in [1.165, 1.54) is 0 Å². The summed E-state index contributed by atoms with van der Waals surface area (Å²) in [6, 6.07) is 15.5. The van der Waals surface area contributed by atoms with Gasteiger partial charge in [-0.25, -0.2) is 4.79 Å². The second kappa shape index (κ2) is 14.0. The molecule has 3 rings (SSSR count). The quantitative estimate of drug-likeness (QED) is 0.486. The van der Waals surface area contributed by atoms with E-state index in [9.17, 15) is 4.79 Å². The van der Waals surface area contributed by atoms with Crippen LogP contribution in [-0.4, -0.2) is 49.0 Å². The number of hydrogen-bond acceptors (Lipinski definition) is 4. The Morgan fingerprint density at radius 3 is 2.28 bits per heavy atom. The summed E-state index contributed by atoms with van der Waals surface area (Å²) in [7, 11) is 0. The maximum absolute atomic E-state index is 12.2. The van der Waals surface area contributed by atoms with Crippen molar-refractivity contribution in [1.29, 1.82) is 0 Å². The minimum atomic E-state index is -0.509. The SMILES string of the molecule is CC.CC.CC(C)(C)OC(=O)N1CCOC(COc2ccc(-c3ccccc3Cl)cc2)C1. The van der Waals surface area contributed by atoms with Crippen molar-refractivity contribution in [1.82, 2.24) is 4.90 Å². The van der Waals surface area contributed by atoms with Crippen LogP contribution in [0.15, 0.2) is 48.5 Å². The molecule has 0 N–H and O–H groups in total. The summed E-state index contributed by atoms with van der Waals surface area (Å²) < 4.78 is 17.0. The third-order valence-corrected chi connectivity index (χ3v) is 4.60. The Kier molecular flexibility index (Phi) is 12.2. The van der Waals surface area contributed by atoms with Crippen molar-refractivity contribution >= 4 is 17.7 Å². The molecule has 1 aliphatic heterocycles. The number of rotatable bonds is 4.